The number of benzene rings is 1. The lowest BCUT2D eigenvalue weighted by Crippen LogP contribution is -2.36. The van der Waals surface area contributed by atoms with Crippen molar-refractivity contribution in [2.24, 2.45) is 0 Å². The molecule has 0 spiro atoms. The molecule has 2 nitrogen and oxygen atoms in total. The van der Waals surface area contributed by atoms with Crippen molar-refractivity contribution in [2.75, 3.05) is 13.7 Å². The summed E-state index contributed by atoms with van der Waals surface area (Å²) in [6, 6.07) is 6.26. The van der Waals surface area contributed by atoms with Gasteiger partial charge in [0.25, 0.3) is 0 Å². The minimum atomic E-state index is 0.158. The SMILES string of the molecule is COc1ccc(C=C(C)CNC(C)(C)C)cc1C. The zero-order valence-corrected chi connectivity index (χ0v) is 12.4. The summed E-state index contributed by atoms with van der Waals surface area (Å²) >= 11 is 0. The van der Waals surface area contributed by atoms with E-state index in [1.807, 2.05) is 6.07 Å². The first kappa shape index (κ1) is 14.8. The van der Waals surface area contributed by atoms with Gasteiger partial charge in [-0.3, -0.25) is 0 Å². The molecule has 0 atom stereocenters. The quantitative estimate of drug-likeness (QED) is 0.874. The smallest absolute Gasteiger partial charge is 0.121 e. The Hall–Kier alpha value is -1.28. The number of nitrogens with one attached hydrogen (secondary N) is 1. The van der Waals surface area contributed by atoms with Gasteiger partial charge in [0.15, 0.2) is 0 Å². The van der Waals surface area contributed by atoms with Gasteiger partial charge < -0.3 is 10.1 Å². The standard InChI is InChI=1S/C16H25NO/c1-12(11-17-16(3,4)5)9-14-7-8-15(18-6)13(2)10-14/h7-10,17H,11H2,1-6H3. The Bertz CT molecular complexity index is 427. The third kappa shape index (κ3) is 4.92. The molecule has 0 saturated heterocycles. The highest BCUT2D eigenvalue weighted by atomic mass is 16.5. The van der Waals surface area contributed by atoms with Crippen molar-refractivity contribution in [3.8, 4) is 5.75 Å². The predicted octanol–water partition coefficient (Wildman–Crippen LogP) is 3.80. The topological polar surface area (TPSA) is 21.3 Å². The molecule has 18 heavy (non-hydrogen) atoms. The highest BCUT2D eigenvalue weighted by Crippen LogP contribution is 2.20. The maximum absolute atomic E-state index is 5.26. The summed E-state index contributed by atoms with van der Waals surface area (Å²) < 4.78 is 5.26. The van der Waals surface area contributed by atoms with Crippen LogP contribution in [0.2, 0.25) is 0 Å². The third-order valence-corrected chi connectivity index (χ3v) is 2.73. The second-order valence-corrected chi connectivity index (χ2v) is 5.82. The molecule has 2 heteroatoms. The Kier molecular flexibility index (Phi) is 4.97. The molecule has 0 unspecified atom stereocenters. The van der Waals surface area contributed by atoms with Gasteiger partial charge in [0, 0.05) is 12.1 Å². The van der Waals surface area contributed by atoms with E-state index in [9.17, 15) is 0 Å². The molecule has 0 amide bonds. The normalized spacial score (nSPS) is 12.7. The lowest BCUT2D eigenvalue weighted by Gasteiger charge is -2.20. The third-order valence-electron chi connectivity index (χ3n) is 2.73. The summed E-state index contributed by atoms with van der Waals surface area (Å²) in [6.45, 7) is 11.7. The minimum Gasteiger partial charge on any atom is -0.496 e. The Morgan fingerprint density at radius 3 is 2.50 bits per heavy atom. The lowest BCUT2D eigenvalue weighted by molar-refractivity contribution is 0.411. The number of rotatable bonds is 4. The maximum atomic E-state index is 5.26. The van der Waals surface area contributed by atoms with Crippen LogP contribution in [0.5, 0.6) is 5.75 Å². The van der Waals surface area contributed by atoms with Gasteiger partial charge in [0.1, 0.15) is 5.75 Å². The van der Waals surface area contributed by atoms with E-state index in [2.05, 4.69) is 58.1 Å². The fourth-order valence-electron chi connectivity index (χ4n) is 1.73. The van der Waals surface area contributed by atoms with Crippen LogP contribution < -0.4 is 10.1 Å². The molecular formula is C16H25NO. The van der Waals surface area contributed by atoms with Gasteiger partial charge in [-0.05, 0) is 57.9 Å². The van der Waals surface area contributed by atoms with E-state index in [4.69, 9.17) is 4.74 Å². The van der Waals surface area contributed by atoms with Crippen LogP contribution in [0.25, 0.3) is 6.08 Å². The van der Waals surface area contributed by atoms with Crippen LogP contribution in [0.3, 0.4) is 0 Å². The fourth-order valence-corrected chi connectivity index (χ4v) is 1.73. The van der Waals surface area contributed by atoms with Crippen molar-refractivity contribution in [3.63, 3.8) is 0 Å². The number of hydrogen-bond acceptors (Lipinski definition) is 2. The van der Waals surface area contributed by atoms with Crippen LogP contribution in [-0.4, -0.2) is 19.2 Å². The zero-order valence-electron chi connectivity index (χ0n) is 12.4. The first-order valence-corrected chi connectivity index (χ1v) is 6.38. The summed E-state index contributed by atoms with van der Waals surface area (Å²) in [7, 11) is 1.70. The van der Waals surface area contributed by atoms with Crippen LogP contribution in [0.15, 0.2) is 23.8 Å². The summed E-state index contributed by atoms with van der Waals surface area (Å²) in [6.07, 6.45) is 2.21. The molecule has 0 aliphatic carbocycles. The zero-order chi connectivity index (χ0) is 13.8. The molecular weight excluding hydrogens is 222 g/mol. The highest BCUT2D eigenvalue weighted by molar-refractivity contribution is 5.55. The minimum absolute atomic E-state index is 0.158. The molecule has 1 aromatic rings. The van der Waals surface area contributed by atoms with Crippen LogP contribution in [0.1, 0.15) is 38.8 Å². The molecule has 0 fully saturated rings. The average molecular weight is 247 g/mol. The number of ether oxygens (including phenoxy) is 1. The lowest BCUT2D eigenvalue weighted by atomic mass is 10.1. The second kappa shape index (κ2) is 6.05. The van der Waals surface area contributed by atoms with Gasteiger partial charge in [-0.15, -0.1) is 0 Å². The van der Waals surface area contributed by atoms with E-state index in [0.717, 1.165) is 12.3 Å². The summed E-state index contributed by atoms with van der Waals surface area (Å²) in [5.41, 5.74) is 3.88. The molecule has 100 valence electrons. The van der Waals surface area contributed by atoms with Gasteiger partial charge in [-0.1, -0.05) is 17.7 Å². The van der Waals surface area contributed by atoms with Crippen molar-refractivity contribution < 1.29 is 4.74 Å². The van der Waals surface area contributed by atoms with Gasteiger partial charge in [-0.25, -0.2) is 0 Å². The molecule has 0 bridgehead atoms. The second-order valence-electron chi connectivity index (χ2n) is 5.82. The van der Waals surface area contributed by atoms with E-state index < -0.39 is 0 Å². The Balaban J connectivity index is 2.73. The first-order valence-electron chi connectivity index (χ1n) is 6.38. The van der Waals surface area contributed by atoms with Gasteiger partial charge in [-0.2, -0.15) is 0 Å². The maximum Gasteiger partial charge on any atom is 0.121 e. The average Bonchev–Trinajstić information content (AvgIpc) is 2.26. The van der Waals surface area contributed by atoms with E-state index >= 15 is 0 Å². The van der Waals surface area contributed by atoms with E-state index in [1.54, 1.807) is 7.11 Å². The Morgan fingerprint density at radius 1 is 1.33 bits per heavy atom. The monoisotopic (exact) mass is 247 g/mol. The molecule has 0 aliphatic rings. The molecule has 0 radical (unpaired) electrons. The fraction of sp³-hybridized carbons (Fsp3) is 0.500. The Labute approximate surface area is 111 Å². The van der Waals surface area contributed by atoms with Crippen LogP contribution in [0.4, 0.5) is 0 Å². The van der Waals surface area contributed by atoms with E-state index in [1.165, 1.54) is 16.7 Å². The van der Waals surface area contributed by atoms with Crippen LogP contribution in [0, 0.1) is 6.92 Å². The molecule has 0 saturated carbocycles. The number of aryl methyl sites for hydroxylation is 1. The molecule has 0 aromatic heterocycles. The first-order chi connectivity index (χ1) is 8.31. The molecule has 1 rings (SSSR count). The van der Waals surface area contributed by atoms with Gasteiger partial charge in [0.05, 0.1) is 7.11 Å². The van der Waals surface area contributed by atoms with Crippen molar-refractivity contribution >= 4 is 6.08 Å². The van der Waals surface area contributed by atoms with Crippen LogP contribution >= 0.6 is 0 Å². The number of methoxy groups -OCH3 is 1. The van der Waals surface area contributed by atoms with Crippen molar-refractivity contribution in [2.45, 2.75) is 40.2 Å². The summed E-state index contributed by atoms with van der Waals surface area (Å²) in [5, 5.41) is 3.49. The molecule has 1 aromatic carbocycles. The highest BCUT2D eigenvalue weighted by Gasteiger charge is 2.07. The van der Waals surface area contributed by atoms with E-state index in [0.29, 0.717) is 0 Å². The van der Waals surface area contributed by atoms with Crippen molar-refractivity contribution in [3.05, 3.63) is 34.9 Å². The predicted molar refractivity (Wildman–Crippen MR) is 79.1 cm³/mol. The van der Waals surface area contributed by atoms with Crippen LogP contribution in [-0.2, 0) is 0 Å². The summed E-state index contributed by atoms with van der Waals surface area (Å²) in [4.78, 5) is 0. The van der Waals surface area contributed by atoms with Gasteiger partial charge in [0.2, 0.25) is 0 Å². The molecule has 1 N–H and O–H groups in total. The molecule has 0 aliphatic heterocycles. The van der Waals surface area contributed by atoms with Gasteiger partial charge >= 0.3 is 0 Å². The molecule has 0 heterocycles. The van der Waals surface area contributed by atoms with Crippen molar-refractivity contribution in [1.82, 2.24) is 5.32 Å². The van der Waals surface area contributed by atoms with E-state index in [-0.39, 0.29) is 5.54 Å². The van der Waals surface area contributed by atoms with Crippen molar-refractivity contribution in [1.29, 1.82) is 0 Å². The summed E-state index contributed by atoms with van der Waals surface area (Å²) in [5.74, 6) is 0.942. The largest absolute Gasteiger partial charge is 0.496 e. The Morgan fingerprint density at radius 2 is 2.00 bits per heavy atom. The number of hydrogen-bond donors (Lipinski definition) is 1.